The van der Waals surface area contributed by atoms with Crippen LogP contribution < -0.4 is 10.9 Å². The molecule has 0 heterocycles. The molecule has 1 atom stereocenters. The molecular formula is C27H32B. The summed E-state index contributed by atoms with van der Waals surface area (Å²) in [5.74, 6) is 0.621. The Hall–Kier alpha value is -2.28. The van der Waals surface area contributed by atoms with Gasteiger partial charge < -0.3 is 0 Å². The van der Waals surface area contributed by atoms with Crippen molar-refractivity contribution in [3.63, 3.8) is 0 Å². The van der Waals surface area contributed by atoms with Gasteiger partial charge in [0, 0.05) is 0 Å². The Morgan fingerprint density at radius 2 is 1.14 bits per heavy atom. The van der Waals surface area contributed by atoms with Crippen LogP contribution in [0.25, 0.3) is 11.1 Å². The van der Waals surface area contributed by atoms with Gasteiger partial charge in [0.2, 0.25) is 0 Å². The predicted octanol–water partition coefficient (Wildman–Crippen LogP) is 6.06. The second kappa shape index (κ2) is 8.39. The topological polar surface area (TPSA) is 0 Å². The van der Waals surface area contributed by atoms with Crippen LogP contribution in [0.5, 0.6) is 0 Å². The lowest BCUT2D eigenvalue weighted by molar-refractivity contribution is 0.734. The molecule has 0 saturated heterocycles. The van der Waals surface area contributed by atoms with E-state index < -0.39 is 0 Å². The largest absolute Gasteiger partial charge is 0.192 e. The molecule has 3 aromatic carbocycles. The van der Waals surface area contributed by atoms with E-state index in [-0.39, 0.29) is 0 Å². The van der Waals surface area contributed by atoms with Crippen molar-refractivity contribution in [2.24, 2.45) is 0 Å². The van der Waals surface area contributed by atoms with E-state index >= 15 is 0 Å². The van der Waals surface area contributed by atoms with E-state index in [1.807, 2.05) is 0 Å². The smallest absolute Gasteiger partial charge is 0.0757 e. The minimum absolute atomic E-state index is 0.621. The molecule has 143 valence electrons. The van der Waals surface area contributed by atoms with Crippen molar-refractivity contribution in [3.05, 3.63) is 81.9 Å². The van der Waals surface area contributed by atoms with Gasteiger partial charge in [-0.15, -0.1) is 0 Å². The first kappa shape index (κ1) is 20.5. The van der Waals surface area contributed by atoms with Gasteiger partial charge in [-0.3, -0.25) is 0 Å². The Morgan fingerprint density at radius 3 is 1.61 bits per heavy atom. The highest BCUT2D eigenvalue weighted by Crippen LogP contribution is 2.25. The predicted molar refractivity (Wildman–Crippen MR) is 126 cm³/mol. The normalized spacial score (nSPS) is 12.1. The summed E-state index contributed by atoms with van der Waals surface area (Å²) in [7, 11) is 2.37. The van der Waals surface area contributed by atoms with Gasteiger partial charge in [-0.25, -0.2) is 0 Å². The van der Waals surface area contributed by atoms with Crippen molar-refractivity contribution in [1.29, 1.82) is 0 Å². The van der Waals surface area contributed by atoms with Crippen molar-refractivity contribution in [1.82, 2.24) is 0 Å². The molecule has 0 fully saturated rings. The van der Waals surface area contributed by atoms with Crippen LogP contribution >= 0.6 is 0 Å². The Morgan fingerprint density at radius 1 is 0.679 bits per heavy atom. The van der Waals surface area contributed by atoms with Crippen LogP contribution in [-0.2, 0) is 0 Å². The number of benzene rings is 3. The molecule has 0 N–H and O–H groups in total. The van der Waals surface area contributed by atoms with Crippen molar-refractivity contribution in [2.45, 2.75) is 60.8 Å². The van der Waals surface area contributed by atoms with E-state index in [9.17, 15) is 0 Å². The first-order valence-corrected chi connectivity index (χ1v) is 10.4. The molecule has 28 heavy (non-hydrogen) atoms. The fourth-order valence-electron chi connectivity index (χ4n) is 4.17. The molecule has 0 aliphatic rings. The van der Waals surface area contributed by atoms with Gasteiger partial charge in [0.15, 0.2) is 7.28 Å². The molecule has 0 spiro atoms. The second-order valence-electron chi connectivity index (χ2n) is 8.41. The Balaban J connectivity index is 1.94. The second-order valence-corrected chi connectivity index (χ2v) is 8.41. The van der Waals surface area contributed by atoms with E-state index in [0.717, 1.165) is 0 Å². The lowest BCUT2D eigenvalue weighted by atomic mass is 9.58. The molecule has 0 amide bonds. The molecule has 1 heteroatoms. The Labute approximate surface area is 172 Å². The van der Waals surface area contributed by atoms with E-state index in [1.54, 1.807) is 0 Å². The molecule has 1 unspecified atom stereocenters. The summed E-state index contributed by atoms with van der Waals surface area (Å²) in [4.78, 5) is 0. The lowest BCUT2D eigenvalue weighted by Crippen LogP contribution is -2.34. The molecule has 0 saturated carbocycles. The number of aryl methyl sites for hydroxylation is 5. The summed E-state index contributed by atoms with van der Waals surface area (Å²) in [6, 6.07) is 18.3. The van der Waals surface area contributed by atoms with E-state index in [4.69, 9.17) is 0 Å². The summed E-state index contributed by atoms with van der Waals surface area (Å²) >= 11 is 0. The van der Waals surface area contributed by atoms with Crippen molar-refractivity contribution >= 4 is 18.2 Å². The number of rotatable bonds is 5. The first-order valence-electron chi connectivity index (χ1n) is 10.4. The highest BCUT2D eigenvalue weighted by molar-refractivity contribution is 6.69. The SMILES string of the molecule is CCC(C)c1ccc(-c2cc(C)c([B]c3c(C)cc(C)cc3C)c(C)c2)cc1. The Kier molecular flexibility index (Phi) is 6.13. The zero-order valence-corrected chi connectivity index (χ0v) is 18.5. The molecule has 0 aliphatic heterocycles. The zero-order valence-electron chi connectivity index (χ0n) is 18.5. The highest BCUT2D eigenvalue weighted by atomic mass is 14.1. The quantitative estimate of drug-likeness (QED) is 0.481. The minimum atomic E-state index is 0.621. The first-order chi connectivity index (χ1) is 13.3. The average Bonchev–Trinajstić information content (AvgIpc) is 2.65. The summed E-state index contributed by atoms with van der Waals surface area (Å²) in [5, 5.41) is 0. The molecule has 0 aliphatic carbocycles. The van der Waals surface area contributed by atoms with Gasteiger partial charge in [-0.1, -0.05) is 101 Å². The van der Waals surface area contributed by atoms with Gasteiger partial charge in [0.25, 0.3) is 0 Å². The number of hydrogen-bond donors (Lipinski definition) is 0. The molecule has 1 radical (unpaired) electrons. The van der Waals surface area contributed by atoms with Gasteiger partial charge in [-0.2, -0.15) is 0 Å². The van der Waals surface area contributed by atoms with E-state index in [2.05, 4.69) is 104 Å². The minimum Gasteiger partial charge on any atom is -0.0757 e. The van der Waals surface area contributed by atoms with Crippen molar-refractivity contribution < 1.29 is 0 Å². The third kappa shape index (κ3) is 4.24. The molecule has 3 rings (SSSR count). The summed E-state index contributed by atoms with van der Waals surface area (Å²) in [6.07, 6.45) is 1.18. The fourth-order valence-corrected chi connectivity index (χ4v) is 4.17. The molecular weight excluding hydrogens is 335 g/mol. The summed E-state index contributed by atoms with van der Waals surface area (Å²) < 4.78 is 0. The third-order valence-corrected chi connectivity index (χ3v) is 6.05. The maximum Gasteiger partial charge on any atom is 0.192 e. The van der Waals surface area contributed by atoms with Crippen LogP contribution in [0.1, 0.15) is 59.6 Å². The third-order valence-electron chi connectivity index (χ3n) is 6.05. The van der Waals surface area contributed by atoms with Crippen molar-refractivity contribution in [3.8, 4) is 11.1 Å². The van der Waals surface area contributed by atoms with Crippen LogP contribution in [0.15, 0.2) is 48.5 Å². The molecule has 3 aromatic rings. The maximum atomic E-state index is 2.37. The van der Waals surface area contributed by atoms with Crippen LogP contribution in [0.3, 0.4) is 0 Å². The highest BCUT2D eigenvalue weighted by Gasteiger charge is 2.13. The van der Waals surface area contributed by atoms with Crippen LogP contribution in [0, 0.1) is 34.6 Å². The molecule has 0 nitrogen and oxygen atoms in total. The van der Waals surface area contributed by atoms with Crippen LogP contribution in [-0.4, -0.2) is 7.28 Å². The van der Waals surface area contributed by atoms with Crippen LogP contribution in [0.2, 0.25) is 0 Å². The molecule has 0 bridgehead atoms. The van der Waals surface area contributed by atoms with Gasteiger partial charge in [0.1, 0.15) is 0 Å². The summed E-state index contributed by atoms with van der Waals surface area (Å²) in [5.41, 5.74) is 13.4. The maximum absolute atomic E-state index is 2.37. The van der Waals surface area contributed by atoms with Gasteiger partial charge in [-0.05, 0) is 63.6 Å². The monoisotopic (exact) mass is 367 g/mol. The van der Waals surface area contributed by atoms with Crippen LogP contribution in [0.4, 0.5) is 0 Å². The van der Waals surface area contributed by atoms with Gasteiger partial charge >= 0.3 is 0 Å². The van der Waals surface area contributed by atoms with Gasteiger partial charge in [0.05, 0.1) is 0 Å². The summed E-state index contributed by atoms with van der Waals surface area (Å²) in [6.45, 7) is 15.6. The fraction of sp³-hybridized carbons (Fsp3) is 0.333. The van der Waals surface area contributed by atoms with E-state index in [0.29, 0.717) is 5.92 Å². The van der Waals surface area contributed by atoms with Crippen molar-refractivity contribution in [2.75, 3.05) is 0 Å². The molecule has 0 aromatic heterocycles. The van der Waals surface area contributed by atoms with E-state index in [1.165, 1.54) is 61.9 Å². The standard InChI is InChI=1S/C27H32B/c1-8-18(3)23-9-11-24(12-10-23)25-15-21(6)27(22(7)16-25)28-26-19(4)13-17(2)14-20(26)5/h9-16,18H,8H2,1-7H3. The zero-order chi connectivity index (χ0) is 20.4. The lowest BCUT2D eigenvalue weighted by Gasteiger charge is -2.16. The average molecular weight is 367 g/mol. The Bertz CT molecular complexity index is 934. The number of hydrogen-bond acceptors (Lipinski definition) is 0.